The van der Waals surface area contributed by atoms with Gasteiger partial charge in [-0.1, -0.05) is 103 Å². The lowest BCUT2D eigenvalue weighted by Gasteiger charge is -2.38. The van der Waals surface area contributed by atoms with Crippen molar-refractivity contribution in [3.8, 4) is 0 Å². The summed E-state index contributed by atoms with van der Waals surface area (Å²) in [6, 6.07) is 0. The average molecular weight is 429 g/mol. The Labute approximate surface area is 196 Å². The maximum atomic E-state index is 2.60. The molecule has 3 aliphatic carbocycles. The fraction of sp³-hybridized carbons (Fsp3) is 0.935. The second-order valence-electron chi connectivity index (χ2n) is 12.0. The van der Waals surface area contributed by atoms with Gasteiger partial charge < -0.3 is 0 Å². The summed E-state index contributed by atoms with van der Waals surface area (Å²) in [7, 11) is 0. The molecule has 0 amide bonds. The van der Waals surface area contributed by atoms with Crippen molar-refractivity contribution in [1.82, 2.24) is 0 Å². The average Bonchev–Trinajstić information content (AvgIpc) is 2.82. The Morgan fingerprint density at radius 3 is 1.52 bits per heavy atom. The van der Waals surface area contributed by atoms with Crippen molar-refractivity contribution >= 4 is 0 Å². The summed E-state index contributed by atoms with van der Waals surface area (Å²) in [5, 5.41) is 0. The molecule has 0 aliphatic heterocycles. The minimum Gasteiger partial charge on any atom is -0.0851 e. The van der Waals surface area contributed by atoms with Gasteiger partial charge in [0.2, 0.25) is 0 Å². The molecule has 0 heteroatoms. The molecule has 3 aliphatic rings. The lowest BCUT2D eigenvalue weighted by Crippen LogP contribution is -2.26. The van der Waals surface area contributed by atoms with E-state index in [0.717, 1.165) is 35.5 Å². The molecule has 0 bridgehead atoms. The highest BCUT2D eigenvalue weighted by molar-refractivity contribution is 4.98. The topological polar surface area (TPSA) is 0 Å². The van der Waals surface area contributed by atoms with Gasteiger partial charge >= 0.3 is 0 Å². The van der Waals surface area contributed by atoms with Gasteiger partial charge in [0.15, 0.2) is 0 Å². The molecule has 2 saturated carbocycles. The van der Waals surface area contributed by atoms with E-state index in [2.05, 4.69) is 26.0 Å². The molecular weight excluding hydrogens is 372 g/mol. The first-order valence-electron chi connectivity index (χ1n) is 15.0. The van der Waals surface area contributed by atoms with Crippen molar-refractivity contribution in [2.24, 2.45) is 35.5 Å². The molecule has 0 saturated heterocycles. The molecule has 0 aromatic rings. The van der Waals surface area contributed by atoms with E-state index in [0.29, 0.717) is 0 Å². The zero-order chi connectivity index (χ0) is 21.7. The number of unbranched alkanes of at least 4 members (excludes halogenated alkanes) is 5. The highest BCUT2D eigenvalue weighted by Gasteiger charge is 2.31. The van der Waals surface area contributed by atoms with Crippen LogP contribution in [-0.4, -0.2) is 0 Å². The Kier molecular flexibility index (Phi) is 12.1. The van der Waals surface area contributed by atoms with E-state index in [1.54, 1.807) is 57.8 Å². The van der Waals surface area contributed by atoms with Crippen LogP contribution in [0.15, 0.2) is 12.2 Å². The molecule has 0 aromatic carbocycles. The van der Waals surface area contributed by atoms with Crippen LogP contribution < -0.4 is 0 Å². The van der Waals surface area contributed by atoms with Gasteiger partial charge in [0.05, 0.1) is 0 Å². The largest absolute Gasteiger partial charge is 0.0851 e. The van der Waals surface area contributed by atoms with Gasteiger partial charge in [-0.15, -0.1) is 0 Å². The monoisotopic (exact) mass is 428 g/mol. The molecule has 2 unspecified atom stereocenters. The molecule has 0 N–H and O–H groups in total. The minimum atomic E-state index is 0.901. The molecule has 0 nitrogen and oxygen atoms in total. The molecule has 2 fully saturated rings. The smallest absolute Gasteiger partial charge is 0.0233 e. The lowest BCUT2D eigenvalue weighted by atomic mass is 9.68. The number of allylic oxidation sites excluding steroid dienone is 2. The number of hydrogen-bond donors (Lipinski definition) is 0. The van der Waals surface area contributed by atoms with Crippen LogP contribution in [0, 0.1) is 35.5 Å². The third-order valence-corrected chi connectivity index (χ3v) is 9.58. The van der Waals surface area contributed by atoms with Gasteiger partial charge in [-0.3, -0.25) is 0 Å². The normalized spacial score (nSPS) is 34.1. The molecule has 31 heavy (non-hydrogen) atoms. The van der Waals surface area contributed by atoms with E-state index in [1.807, 2.05) is 0 Å². The van der Waals surface area contributed by atoms with E-state index in [4.69, 9.17) is 0 Å². The molecule has 0 radical (unpaired) electrons. The molecule has 0 heterocycles. The summed E-state index contributed by atoms with van der Waals surface area (Å²) >= 11 is 0. The van der Waals surface area contributed by atoms with E-state index < -0.39 is 0 Å². The fourth-order valence-electron chi connectivity index (χ4n) is 7.35. The first-order chi connectivity index (χ1) is 15.3. The predicted molar refractivity (Wildman–Crippen MR) is 138 cm³/mol. The van der Waals surface area contributed by atoms with Crippen LogP contribution in [0.4, 0.5) is 0 Å². The summed E-state index contributed by atoms with van der Waals surface area (Å²) in [6.07, 6.45) is 36.7. The molecule has 180 valence electrons. The van der Waals surface area contributed by atoms with Crippen LogP contribution in [0.1, 0.15) is 149 Å². The van der Waals surface area contributed by atoms with E-state index >= 15 is 0 Å². The first kappa shape index (κ1) is 25.4. The maximum absolute atomic E-state index is 2.60. The Morgan fingerprint density at radius 1 is 0.452 bits per heavy atom. The highest BCUT2D eigenvalue weighted by Crippen LogP contribution is 2.43. The summed E-state index contributed by atoms with van der Waals surface area (Å²) in [5.41, 5.74) is 0. The summed E-state index contributed by atoms with van der Waals surface area (Å²) < 4.78 is 0. The molecule has 2 atom stereocenters. The van der Waals surface area contributed by atoms with Crippen LogP contribution in [0.5, 0.6) is 0 Å². The van der Waals surface area contributed by atoms with Gasteiger partial charge in [0, 0.05) is 0 Å². The molecular formula is C31H56. The van der Waals surface area contributed by atoms with E-state index in [1.165, 1.54) is 77.0 Å². The predicted octanol–water partition coefficient (Wildman–Crippen LogP) is 10.5. The third kappa shape index (κ3) is 9.25. The lowest BCUT2D eigenvalue weighted by molar-refractivity contribution is 0.138. The third-order valence-electron chi connectivity index (χ3n) is 9.58. The fourth-order valence-corrected chi connectivity index (χ4v) is 7.35. The van der Waals surface area contributed by atoms with Gasteiger partial charge in [0.25, 0.3) is 0 Å². The van der Waals surface area contributed by atoms with Crippen LogP contribution >= 0.6 is 0 Å². The van der Waals surface area contributed by atoms with Gasteiger partial charge in [-0.2, -0.15) is 0 Å². The number of hydrogen-bond acceptors (Lipinski definition) is 0. The van der Waals surface area contributed by atoms with Crippen molar-refractivity contribution in [3.63, 3.8) is 0 Å². The van der Waals surface area contributed by atoms with Gasteiger partial charge in [-0.25, -0.2) is 0 Å². The second kappa shape index (κ2) is 14.8. The van der Waals surface area contributed by atoms with Crippen molar-refractivity contribution in [3.05, 3.63) is 12.2 Å². The van der Waals surface area contributed by atoms with E-state index in [-0.39, 0.29) is 0 Å². The summed E-state index contributed by atoms with van der Waals surface area (Å²) in [5.74, 6) is 6.14. The SMILES string of the molecule is CCCCCCCCC1CCC(C2CCC(CCC3C=CC(CCC)CC3)CC2)CC1. The zero-order valence-corrected chi connectivity index (χ0v) is 21.5. The van der Waals surface area contributed by atoms with Crippen molar-refractivity contribution in [2.45, 2.75) is 149 Å². The van der Waals surface area contributed by atoms with Crippen LogP contribution in [-0.2, 0) is 0 Å². The minimum absolute atomic E-state index is 0.901. The zero-order valence-electron chi connectivity index (χ0n) is 21.5. The van der Waals surface area contributed by atoms with E-state index in [9.17, 15) is 0 Å². The van der Waals surface area contributed by atoms with Crippen molar-refractivity contribution in [1.29, 1.82) is 0 Å². The molecule has 0 spiro atoms. The Morgan fingerprint density at radius 2 is 0.968 bits per heavy atom. The summed E-state index contributed by atoms with van der Waals surface area (Å²) in [6.45, 7) is 4.65. The molecule has 3 rings (SSSR count). The first-order valence-corrected chi connectivity index (χ1v) is 15.0. The number of rotatable bonds is 13. The molecule has 0 aromatic heterocycles. The van der Waals surface area contributed by atoms with Crippen LogP contribution in [0.2, 0.25) is 0 Å². The summed E-state index contributed by atoms with van der Waals surface area (Å²) in [4.78, 5) is 0. The standard InChI is InChI=1S/C31H56/c1-3-5-6-7-8-9-11-27-18-22-30(23-19-27)31-24-20-29(21-25-31)17-16-28-14-12-26(10-4-2)13-15-28/h12,14,26-31H,3-11,13,15-25H2,1-2H3. The Bertz CT molecular complexity index is 460. The van der Waals surface area contributed by atoms with Crippen LogP contribution in [0.25, 0.3) is 0 Å². The Hall–Kier alpha value is -0.260. The quantitative estimate of drug-likeness (QED) is 0.202. The highest BCUT2D eigenvalue weighted by atomic mass is 14.4. The van der Waals surface area contributed by atoms with Gasteiger partial charge in [0.1, 0.15) is 0 Å². The van der Waals surface area contributed by atoms with Gasteiger partial charge in [-0.05, 0) is 93.3 Å². The van der Waals surface area contributed by atoms with Crippen LogP contribution in [0.3, 0.4) is 0 Å². The second-order valence-corrected chi connectivity index (χ2v) is 12.0. The maximum Gasteiger partial charge on any atom is -0.0233 e. The Balaban J connectivity index is 1.23. The van der Waals surface area contributed by atoms with Crippen molar-refractivity contribution in [2.75, 3.05) is 0 Å². The van der Waals surface area contributed by atoms with Crippen molar-refractivity contribution < 1.29 is 0 Å².